The van der Waals surface area contributed by atoms with Crippen molar-refractivity contribution >= 4 is 5.91 Å². The van der Waals surface area contributed by atoms with Gasteiger partial charge in [-0.2, -0.15) is 0 Å². The Morgan fingerprint density at radius 1 is 1.44 bits per heavy atom. The first-order chi connectivity index (χ1) is 7.77. The average molecular weight is 225 g/mol. The number of likely N-dealkylation sites (N-methyl/N-ethyl adjacent to an activating group) is 1. The van der Waals surface area contributed by atoms with E-state index in [1.165, 1.54) is 12.8 Å². The van der Waals surface area contributed by atoms with Gasteiger partial charge in [0.2, 0.25) is 5.91 Å². The van der Waals surface area contributed by atoms with Crippen molar-refractivity contribution in [2.75, 3.05) is 33.2 Å². The van der Waals surface area contributed by atoms with E-state index in [0.717, 1.165) is 45.1 Å². The molecule has 2 rings (SSSR count). The van der Waals surface area contributed by atoms with Crippen LogP contribution in [0.2, 0.25) is 0 Å². The van der Waals surface area contributed by atoms with E-state index in [1.54, 1.807) is 0 Å². The highest BCUT2D eigenvalue weighted by Crippen LogP contribution is 2.24. The predicted octanol–water partition coefficient (Wildman–Crippen LogP) is 0.196. The fraction of sp³-hybridized carbons (Fsp3) is 0.917. The third-order valence-electron chi connectivity index (χ3n) is 3.60. The number of piperidine rings is 1. The molecule has 16 heavy (non-hydrogen) atoms. The number of carbonyl (C=O) groups is 1. The summed E-state index contributed by atoms with van der Waals surface area (Å²) in [5.74, 6) is 0.427. The number of nitrogens with zero attached hydrogens (tertiary/aromatic N) is 1. The molecule has 0 aromatic rings. The van der Waals surface area contributed by atoms with Gasteiger partial charge in [0.05, 0.1) is 5.92 Å². The lowest BCUT2D eigenvalue weighted by Crippen LogP contribution is -2.42. The van der Waals surface area contributed by atoms with E-state index < -0.39 is 0 Å². The molecule has 0 bridgehead atoms. The molecule has 1 heterocycles. The molecule has 0 unspecified atom stereocenters. The van der Waals surface area contributed by atoms with E-state index in [4.69, 9.17) is 0 Å². The van der Waals surface area contributed by atoms with Crippen molar-refractivity contribution in [3.8, 4) is 0 Å². The summed E-state index contributed by atoms with van der Waals surface area (Å²) in [6.07, 6.45) is 4.82. The molecule has 4 heteroatoms. The second-order valence-electron chi connectivity index (χ2n) is 5.05. The smallest absolute Gasteiger partial charge is 0.224 e. The van der Waals surface area contributed by atoms with E-state index in [1.807, 2.05) is 0 Å². The van der Waals surface area contributed by atoms with Crippen LogP contribution in [0.25, 0.3) is 0 Å². The number of amides is 1. The molecule has 0 aromatic heterocycles. The Hall–Kier alpha value is -0.610. The zero-order valence-electron chi connectivity index (χ0n) is 10.2. The molecule has 92 valence electrons. The Bertz CT molecular complexity index is 234. The topological polar surface area (TPSA) is 44.4 Å². The van der Waals surface area contributed by atoms with Gasteiger partial charge >= 0.3 is 0 Å². The van der Waals surface area contributed by atoms with Crippen LogP contribution in [0, 0.1) is 5.92 Å². The summed E-state index contributed by atoms with van der Waals surface area (Å²) in [5, 5.41) is 6.32. The Labute approximate surface area is 97.8 Å². The van der Waals surface area contributed by atoms with Crippen LogP contribution in [0.15, 0.2) is 0 Å². The normalized spacial score (nSPS) is 25.8. The van der Waals surface area contributed by atoms with Crippen LogP contribution in [-0.4, -0.2) is 50.1 Å². The standard InChI is InChI=1S/C12H23N3O/c1-15(11-4-5-11)8-7-14-12(16)10-3-2-6-13-9-10/h10-11,13H,2-9H2,1H3,(H,14,16)/t10-/m0/s1. The third-order valence-corrected chi connectivity index (χ3v) is 3.60. The lowest BCUT2D eigenvalue weighted by Gasteiger charge is -2.22. The molecule has 0 aromatic carbocycles. The summed E-state index contributed by atoms with van der Waals surface area (Å²) < 4.78 is 0. The van der Waals surface area contributed by atoms with Gasteiger partial charge < -0.3 is 15.5 Å². The number of carbonyl (C=O) groups excluding carboxylic acids is 1. The summed E-state index contributed by atoms with van der Waals surface area (Å²) >= 11 is 0. The lowest BCUT2D eigenvalue weighted by molar-refractivity contribution is -0.125. The lowest BCUT2D eigenvalue weighted by atomic mass is 9.99. The van der Waals surface area contributed by atoms with Gasteiger partial charge in [0, 0.05) is 25.7 Å². The highest BCUT2D eigenvalue weighted by Gasteiger charge is 2.26. The van der Waals surface area contributed by atoms with Crippen LogP contribution >= 0.6 is 0 Å². The fourth-order valence-corrected chi connectivity index (χ4v) is 2.27. The number of hydrogen-bond acceptors (Lipinski definition) is 3. The maximum Gasteiger partial charge on any atom is 0.224 e. The molecule has 4 nitrogen and oxygen atoms in total. The molecule has 2 N–H and O–H groups in total. The fourth-order valence-electron chi connectivity index (χ4n) is 2.27. The maximum absolute atomic E-state index is 11.8. The Kier molecular flexibility index (Phi) is 4.18. The van der Waals surface area contributed by atoms with E-state index in [-0.39, 0.29) is 11.8 Å². The molecule has 0 radical (unpaired) electrons. The molecule has 1 saturated heterocycles. The van der Waals surface area contributed by atoms with Gasteiger partial charge in [-0.25, -0.2) is 0 Å². The Morgan fingerprint density at radius 3 is 2.88 bits per heavy atom. The zero-order chi connectivity index (χ0) is 11.4. The molecule has 2 fully saturated rings. The summed E-state index contributed by atoms with van der Waals surface area (Å²) in [4.78, 5) is 14.1. The van der Waals surface area contributed by atoms with Crippen molar-refractivity contribution < 1.29 is 4.79 Å². The van der Waals surface area contributed by atoms with Crippen LogP contribution in [0.4, 0.5) is 0 Å². The van der Waals surface area contributed by atoms with E-state index in [9.17, 15) is 4.79 Å². The van der Waals surface area contributed by atoms with Crippen LogP contribution in [0.3, 0.4) is 0 Å². The average Bonchev–Trinajstić information content (AvgIpc) is 3.14. The molecule has 2 aliphatic rings. The minimum absolute atomic E-state index is 0.194. The summed E-state index contributed by atoms with van der Waals surface area (Å²) in [5.41, 5.74) is 0. The number of rotatable bonds is 5. The minimum atomic E-state index is 0.194. The molecular weight excluding hydrogens is 202 g/mol. The molecule has 1 saturated carbocycles. The van der Waals surface area contributed by atoms with Gasteiger partial charge in [0.25, 0.3) is 0 Å². The first-order valence-electron chi connectivity index (χ1n) is 6.46. The van der Waals surface area contributed by atoms with Crippen molar-refractivity contribution in [1.29, 1.82) is 0 Å². The molecule has 1 atom stereocenters. The van der Waals surface area contributed by atoms with Gasteiger partial charge in [-0.05, 0) is 39.3 Å². The van der Waals surface area contributed by atoms with Gasteiger partial charge in [-0.15, -0.1) is 0 Å². The van der Waals surface area contributed by atoms with Crippen molar-refractivity contribution in [3.63, 3.8) is 0 Å². The molecule has 0 spiro atoms. The first kappa shape index (κ1) is 11.9. The highest BCUT2D eigenvalue weighted by molar-refractivity contribution is 5.78. The van der Waals surface area contributed by atoms with Gasteiger partial charge in [-0.3, -0.25) is 4.79 Å². The molecule has 1 aliphatic carbocycles. The van der Waals surface area contributed by atoms with Crippen LogP contribution in [0.1, 0.15) is 25.7 Å². The SMILES string of the molecule is CN(CCNC(=O)[C@H]1CCCNC1)C1CC1. The van der Waals surface area contributed by atoms with Crippen LogP contribution in [-0.2, 0) is 4.79 Å². The summed E-state index contributed by atoms with van der Waals surface area (Å²) in [7, 11) is 2.14. The Balaban J connectivity index is 1.59. The number of hydrogen-bond donors (Lipinski definition) is 2. The van der Waals surface area contributed by atoms with Crippen molar-refractivity contribution in [1.82, 2.24) is 15.5 Å². The molecule has 1 aliphatic heterocycles. The van der Waals surface area contributed by atoms with Gasteiger partial charge in [0.15, 0.2) is 0 Å². The largest absolute Gasteiger partial charge is 0.355 e. The third kappa shape index (κ3) is 3.46. The summed E-state index contributed by atoms with van der Waals surface area (Å²) in [6, 6.07) is 0.785. The van der Waals surface area contributed by atoms with E-state index in [2.05, 4.69) is 22.6 Å². The van der Waals surface area contributed by atoms with E-state index >= 15 is 0 Å². The van der Waals surface area contributed by atoms with Crippen LogP contribution < -0.4 is 10.6 Å². The summed E-state index contributed by atoms with van der Waals surface area (Å²) in [6.45, 7) is 3.69. The van der Waals surface area contributed by atoms with Gasteiger partial charge in [-0.1, -0.05) is 0 Å². The first-order valence-corrected chi connectivity index (χ1v) is 6.46. The second-order valence-corrected chi connectivity index (χ2v) is 5.05. The second kappa shape index (κ2) is 5.64. The van der Waals surface area contributed by atoms with E-state index in [0.29, 0.717) is 0 Å². The highest BCUT2D eigenvalue weighted by atomic mass is 16.1. The molecular formula is C12H23N3O. The van der Waals surface area contributed by atoms with Crippen LogP contribution in [0.5, 0.6) is 0 Å². The minimum Gasteiger partial charge on any atom is -0.355 e. The monoisotopic (exact) mass is 225 g/mol. The quantitative estimate of drug-likeness (QED) is 0.702. The van der Waals surface area contributed by atoms with Crippen molar-refractivity contribution in [2.45, 2.75) is 31.7 Å². The maximum atomic E-state index is 11.8. The number of nitrogens with one attached hydrogen (secondary N) is 2. The Morgan fingerprint density at radius 2 is 2.25 bits per heavy atom. The zero-order valence-corrected chi connectivity index (χ0v) is 10.2. The predicted molar refractivity (Wildman–Crippen MR) is 64.3 cm³/mol. The van der Waals surface area contributed by atoms with Crippen molar-refractivity contribution in [3.05, 3.63) is 0 Å². The van der Waals surface area contributed by atoms with Gasteiger partial charge in [0.1, 0.15) is 0 Å². The van der Waals surface area contributed by atoms with Crippen molar-refractivity contribution in [2.24, 2.45) is 5.92 Å². The molecule has 1 amide bonds.